The highest BCUT2D eigenvalue weighted by Gasteiger charge is 2.75. The first-order valence-electron chi connectivity index (χ1n) is 4.34. The standard InChI is InChI=1S/C8HF10NO/c9-2-1(3(10)5(20)19-4(2)11)6(12,7(13,14)15)8(16,17)18/h(H,19,20). The summed E-state index contributed by atoms with van der Waals surface area (Å²) in [5, 5.41) is 0. The molecule has 20 heavy (non-hydrogen) atoms. The van der Waals surface area contributed by atoms with E-state index in [0.29, 0.717) is 4.98 Å². The summed E-state index contributed by atoms with van der Waals surface area (Å²) >= 11 is 0. The highest BCUT2D eigenvalue weighted by Crippen LogP contribution is 2.54. The van der Waals surface area contributed by atoms with E-state index in [-0.39, 0.29) is 0 Å². The Bertz CT molecular complexity index is 569. The normalized spacial score (nSPS) is 13.7. The van der Waals surface area contributed by atoms with Gasteiger partial charge in [0, 0.05) is 0 Å². The minimum atomic E-state index is -6.88. The van der Waals surface area contributed by atoms with Crippen LogP contribution in [0, 0.1) is 17.6 Å². The minimum Gasteiger partial charge on any atom is -0.294 e. The molecule has 1 N–H and O–H groups in total. The Morgan fingerprint density at radius 1 is 0.750 bits per heavy atom. The van der Waals surface area contributed by atoms with Crippen molar-refractivity contribution in [1.82, 2.24) is 4.98 Å². The summed E-state index contributed by atoms with van der Waals surface area (Å²) in [6, 6.07) is 0. The van der Waals surface area contributed by atoms with Crippen molar-refractivity contribution in [3.8, 4) is 0 Å². The molecule has 12 heteroatoms. The quantitative estimate of drug-likeness (QED) is 0.627. The highest BCUT2D eigenvalue weighted by molar-refractivity contribution is 5.28. The fourth-order valence-electron chi connectivity index (χ4n) is 1.28. The number of nitrogens with one attached hydrogen (secondary N) is 1. The molecule has 0 spiro atoms. The zero-order valence-corrected chi connectivity index (χ0v) is 8.69. The number of hydrogen-bond donors (Lipinski definition) is 1. The van der Waals surface area contributed by atoms with Gasteiger partial charge >= 0.3 is 18.0 Å². The highest BCUT2D eigenvalue weighted by atomic mass is 19.4. The second-order valence-corrected chi connectivity index (χ2v) is 3.43. The number of pyridine rings is 1. The third-order valence-electron chi connectivity index (χ3n) is 2.18. The maximum absolute atomic E-state index is 13.4. The number of alkyl halides is 7. The van der Waals surface area contributed by atoms with Crippen LogP contribution >= 0.6 is 0 Å². The lowest BCUT2D eigenvalue weighted by Crippen LogP contribution is -2.52. The molecule has 0 radical (unpaired) electrons. The molecule has 0 fully saturated rings. The van der Waals surface area contributed by atoms with E-state index in [1.165, 1.54) is 0 Å². The summed E-state index contributed by atoms with van der Waals surface area (Å²) in [4.78, 5) is 11.2. The van der Waals surface area contributed by atoms with Crippen molar-refractivity contribution in [2.45, 2.75) is 18.0 Å². The van der Waals surface area contributed by atoms with Crippen LogP contribution in [0.1, 0.15) is 5.56 Å². The van der Waals surface area contributed by atoms with Gasteiger partial charge in [-0.25, -0.2) is 13.2 Å². The Hall–Kier alpha value is -1.75. The van der Waals surface area contributed by atoms with E-state index in [1.807, 2.05) is 0 Å². The SMILES string of the molecule is O=c1[nH]c(F)c(F)c(C(F)(C(F)(F)F)C(F)(F)F)c1F. The van der Waals surface area contributed by atoms with Crippen LogP contribution in [0.2, 0.25) is 0 Å². The van der Waals surface area contributed by atoms with Crippen molar-refractivity contribution < 1.29 is 43.9 Å². The van der Waals surface area contributed by atoms with Gasteiger partial charge in [0.05, 0.1) is 5.56 Å². The number of H-pyrrole nitrogens is 1. The van der Waals surface area contributed by atoms with Crippen LogP contribution in [0.25, 0.3) is 0 Å². The maximum atomic E-state index is 13.4. The predicted molar refractivity (Wildman–Crippen MR) is 41.8 cm³/mol. The van der Waals surface area contributed by atoms with Gasteiger partial charge in [0.15, 0.2) is 11.6 Å². The van der Waals surface area contributed by atoms with E-state index in [4.69, 9.17) is 0 Å². The minimum absolute atomic E-state index is 0.649. The summed E-state index contributed by atoms with van der Waals surface area (Å²) in [5.74, 6) is -8.87. The Morgan fingerprint density at radius 3 is 1.50 bits per heavy atom. The molecule has 0 amide bonds. The van der Waals surface area contributed by atoms with Crippen molar-refractivity contribution in [3.63, 3.8) is 0 Å². The van der Waals surface area contributed by atoms with Gasteiger partial charge in [0.1, 0.15) is 0 Å². The van der Waals surface area contributed by atoms with Crippen LogP contribution in [0.5, 0.6) is 0 Å². The molecule has 1 rings (SSSR count). The van der Waals surface area contributed by atoms with Crippen molar-refractivity contribution in [2.24, 2.45) is 0 Å². The zero-order chi connectivity index (χ0) is 16.1. The zero-order valence-electron chi connectivity index (χ0n) is 8.69. The topological polar surface area (TPSA) is 32.9 Å². The number of hydrogen-bond acceptors (Lipinski definition) is 1. The molecule has 0 aliphatic rings. The molecular formula is C8HF10NO. The number of aromatic amines is 1. The van der Waals surface area contributed by atoms with E-state index in [9.17, 15) is 48.7 Å². The Kier molecular flexibility index (Phi) is 3.57. The Balaban J connectivity index is 3.92. The Labute approximate surface area is 102 Å². The van der Waals surface area contributed by atoms with Crippen LogP contribution in [0.4, 0.5) is 43.9 Å². The van der Waals surface area contributed by atoms with Gasteiger partial charge in [0.2, 0.25) is 5.95 Å². The molecule has 1 aromatic rings. The van der Waals surface area contributed by atoms with Gasteiger partial charge in [-0.15, -0.1) is 0 Å². The first-order valence-corrected chi connectivity index (χ1v) is 4.34. The molecule has 0 bridgehead atoms. The summed E-state index contributed by atoms with van der Waals surface area (Å²) in [6.45, 7) is 0. The summed E-state index contributed by atoms with van der Waals surface area (Å²) in [7, 11) is 0. The molecule has 0 aliphatic heterocycles. The van der Waals surface area contributed by atoms with Crippen LogP contribution in [0.15, 0.2) is 4.79 Å². The molecule has 1 heterocycles. The molecule has 0 atom stereocenters. The van der Waals surface area contributed by atoms with Gasteiger partial charge in [-0.05, 0) is 0 Å². The third-order valence-corrected chi connectivity index (χ3v) is 2.18. The van der Waals surface area contributed by atoms with Gasteiger partial charge in [-0.1, -0.05) is 0 Å². The molecule has 0 aliphatic carbocycles. The monoisotopic (exact) mass is 317 g/mol. The molecule has 0 aromatic carbocycles. The summed E-state index contributed by atoms with van der Waals surface area (Å²) in [6.07, 6.45) is -13.8. The summed E-state index contributed by atoms with van der Waals surface area (Å²) < 4.78 is 125. The van der Waals surface area contributed by atoms with Crippen LogP contribution in [-0.2, 0) is 5.67 Å². The van der Waals surface area contributed by atoms with E-state index in [2.05, 4.69) is 0 Å². The van der Waals surface area contributed by atoms with Crippen LogP contribution in [0.3, 0.4) is 0 Å². The lowest BCUT2D eigenvalue weighted by Gasteiger charge is -2.30. The lowest BCUT2D eigenvalue weighted by atomic mass is 9.94. The van der Waals surface area contributed by atoms with Crippen molar-refractivity contribution >= 4 is 0 Å². The van der Waals surface area contributed by atoms with Gasteiger partial charge in [-0.2, -0.15) is 30.7 Å². The molecule has 2 nitrogen and oxygen atoms in total. The van der Waals surface area contributed by atoms with Gasteiger partial charge in [0.25, 0.3) is 5.56 Å². The fourth-order valence-corrected chi connectivity index (χ4v) is 1.28. The van der Waals surface area contributed by atoms with Crippen LogP contribution < -0.4 is 5.56 Å². The second kappa shape index (κ2) is 4.38. The lowest BCUT2D eigenvalue weighted by molar-refractivity contribution is -0.350. The van der Waals surface area contributed by atoms with E-state index in [1.54, 1.807) is 0 Å². The number of aromatic nitrogens is 1. The van der Waals surface area contributed by atoms with Crippen molar-refractivity contribution in [2.75, 3.05) is 0 Å². The Morgan fingerprint density at radius 2 is 1.15 bits per heavy atom. The van der Waals surface area contributed by atoms with Gasteiger partial charge in [-0.3, -0.25) is 9.78 Å². The van der Waals surface area contributed by atoms with E-state index >= 15 is 0 Å². The van der Waals surface area contributed by atoms with E-state index < -0.39 is 46.7 Å². The molecule has 0 unspecified atom stereocenters. The average Bonchev–Trinajstić information content (AvgIpc) is 2.23. The number of rotatable bonds is 1. The smallest absolute Gasteiger partial charge is 0.294 e. The first-order chi connectivity index (χ1) is 8.75. The maximum Gasteiger partial charge on any atom is 0.436 e. The van der Waals surface area contributed by atoms with Crippen molar-refractivity contribution in [1.29, 1.82) is 0 Å². The summed E-state index contributed by atoms with van der Waals surface area (Å²) in [5.41, 5.74) is -12.5. The first kappa shape index (κ1) is 16.3. The average molecular weight is 317 g/mol. The van der Waals surface area contributed by atoms with Crippen LogP contribution in [-0.4, -0.2) is 17.3 Å². The van der Waals surface area contributed by atoms with E-state index in [0.717, 1.165) is 0 Å². The van der Waals surface area contributed by atoms with Gasteiger partial charge < -0.3 is 0 Å². The largest absolute Gasteiger partial charge is 0.436 e. The molecule has 1 aromatic heterocycles. The van der Waals surface area contributed by atoms with Crippen molar-refractivity contribution in [3.05, 3.63) is 33.5 Å². The molecular weight excluding hydrogens is 316 g/mol. The third kappa shape index (κ3) is 2.12. The second-order valence-electron chi connectivity index (χ2n) is 3.43. The molecule has 0 saturated heterocycles. The predicted octanol–water partition coefficient (Wildman–Crippen LogP) is 3.08. The molecule has 114 valence electrons. The fraction of sp³-hybridized carbons (Fsp3) is 0.375. The number of halogens is 10. The molecule has 0 saturated carbocycles.